The van der Waals surface area contributed by atoms with Crippen molar-refractivity contribution in [3.05, 3.63) is 29.1 Å². The van der Waals surface area contributed by atoms with E-state index in [1.54, 1.807) is 0 Å². The van der Waals surface area contributed by atoms with Gasteiger partial charge < -0.3 is 10.2 Å². The number of benzene rings is 1. The third-order valence-corrected chi connectivity index (χ3v) is 4.10. The van der Waals surface area contributed by atoms with Crippen LogP contribution in [-0.4, -0.2) is 25.7 Å². The van der Waals surface area contributed by atoms with Crippen LogP contribution in [0.5, 0.6) is 0 Å². The largest absolute Gasteiger partial charge is 0.365 e. The summed E-state index contributed by atoms with van der Waals surface area (Å²) in [5, 5.41) is 3.21. The molecule has 2 aliphatic heterocycles. The monoisotopic (exact) mass is 292 g/mol. The number of nitrogens with zero attached hydrogens (tertiary/aromatic N) is 1. The third kappa shape index (κ3) is 1.95. The van der Waals surface area contributed by atoms with Crippen LogP contribution in [-0.2, 0) is 0 Å². The molecular weight excluding hydrogens is 279 g/mol. The van der Waals surface area contributed by atoms with Crippen LogP contribution in [0.4, 0.5) is 27.6 Å². The molecule has 0 bridgehead atoms. The van der Waals surface area contributed by atoms with Crippen molar-refractivity contribution in [1.29, 1.82) is 0 Å². The maximum absolute atomic E-state index is 13.7. The summed E-state index contributed by atoms with van der Waals surface area (Å²) in [4.78, 5) is 1.25. The molecule has 0 saturated carbocycles. The summed E-state index contributed by atoms with van der Waals surface area (Å²) < 4.78 is 67.0. The van der Waals surface area contributed by atoms with Crippen LogP contribution in [0.25, 0.3) is 0 Å². The summed E-state index contributed by atoms with van der Waals surface area (Å²) in [6, 6.07) is 0.0405. The molecule has 20 heavy (non-hydrogen) atoms. The van der Waals surface area contributed by atoms with Crippen molar-refractivity contribution in [3.8, 4) is 0 Å². The summed E-state index contributed by atoms with van der Waals surface area (Å²) in [6.07, 6.45) is 1.84. The van der Waals surface area contributed by atoms with Crippen molar-refractivity contribution in [1.82, 2.24) is 5.32 Å². The minimum atomic E-state index is -2.11. The van der Waals surface area contributed by atoms with Crippen LogP contribution < -0.4 is 10.2 Å². The molecule has 1 aromatic carbocycles. The average Bonchev–Trinajstić information content (AvgIpc) is 2.86. The Labute approximate surface area is 112 Å². The summed E-state index contributed by atoms with van der Waals surface area (Å²) >= 11 is 0. The molecule has 0 spiro atoms. The molecule has 7 heteroatoms. The quantitative estimate of drug-likeness (QED) is 0.486. The Morgan fingerprint density at radius 3 is 2.05 bits per heavy atom. The van der Waals surface area contributed by atoms with Crippen LogP contribution in [0.1, 0.15) is 12.8 Å². The first-order valence-electron chi connectivity index (χ1n) is 6.50. The standard InChI is InChI=1S/C13H13F5N2/c14-8-9(15)11(17)13(12(18)10(8)16)20-4-6-2-1-3-19-7(6)5-20/h6-7,19H,1-5H2. The lowest BCUT2D eigenvalue weighted by atomic mass is 9.94. The lowest BCUT2D eigenvalue weighted by Crippen LogP contribution is -2.40. The van der Waals surface area contributed by atoms with Gasteiger partial charge in [-0.05, 0) is 25.3 Å². The lowest BCUT2D eigenvalue weighted by Gasteiger charge is -2.24. The van der Waals surface area contributed by atoms with E-state index >= 15 is 0 Å². The fraction of sp³-hybridized carbons (Fsp3) is 0.538. The van der Waals surface area contributed by atoms with E-state index in [1.807, 2.05) is 0 Å². The molecule has 0 radical (unpaired) electrons. The highest BCUT2D eigenvalue weighted by molar-refractivity contribution is 5.52. The van der Waals surface area contributed by atoms with Gasteiger partial charge in [-0.15, -0.1) is 0 Å². The lowest BCUT2D eigenvalue weighted by molar-refractivity contribution is 0.339. The van der Waals surface area contributed by atoms with E-state index < -0.39 is 34.8 Å². The first-order valence-corrected chi connectivity index (χ1v) is 6.50. The van der Waals surface area contributed by atoms with Gasteiger partial charge in [0.2, 0.25) is 5.82 Å². The van der Waals surface area contributed by atoms with E-state index in [0.717, 1.165) is 19.4 Å². The molecule has 2 saturated heterocycles. The fourth-order valence-electron chi connectivity index (χ4n) is 3.10. The Kier molecular flexibility index (Phi) is 3.32. The number of nitrogens with one attached hydrogen (secondary N) is 1. The summed E-state index contributed by atoms with van der Waals surface area (Å²) in [6.45, 7) is 1.37. The molecule has 0 aliphatic carbocycles. The van der Waals surface area contributed by atoms with Crippen molar-refractivity contribution in [2.75, 3.05) is 24.5 Å². The highest BCUT2D eigenvalue weighted by Gasteiger charge is 2.38. The van der Waals surface area contributed by atoms with Gasteiger partial charge >= 0.3 is 0 Å². The van der Waals surface area contributed by atoms with Gasteiger partial charge in [0.1, 0.15) is 5.69 Å². The zero-order valence-electron chi connectivity index (χ0n) is 10.5. The normalized spacial score (nSPS) is 25.9. The van der Waals surface area contributed by atoms with Gasteiger partial charge in [0, 0.05) is 19.1 Å². The van der Waals surface area contributed by atoms with Crippen LogP contribution in [0.15, 0.2) is 0 Å². The molecular formula is C13H13F5N2. The van der Waals surface area contributed by atoms with Gasteiger partial charge in [-0.3, -0.25) is 0 Å². The Balaban J connectivity index is 1.99. The zero-order valence-corrected chi connectivity index (χ0v) is 10.5. The van der Waals surface area contributed by atoms with Gasteiger partial charge in [0.05, 0.1) is 0 Å². The number of halogens is 5. The second-order valence-corrected chi connectivity index (χ2v) is 5.29. The number of rotatable bonds is 1. The average molecular weight is 292 g/mol. The van der Waals surface area contributed by atoms with Gasteiger partial charge in [-0.25, -0.2) is 22.0 Å². The molecule has 3 rings (SSSR count). The second kappa shape index (κ2) is 4.87. The molecule has 2 nitrogen and oxygen atoms in total. The number of piperidine rings is 1. The second-order valence-electron chi connectivity index (χ2n) is 5.29. The minimum Gasteiger partial charge on any atom is -0.365 e. The Morgan fingerprint density at radius 2 is 1.45 bits per heavy atom. The number of anilines is 1. The van der Waals surface area contributed by atoms with Crippen LogP contribution >= 0.6 is 0 Å². The molecule has 1 aromatic rings. The van der Waals surface area contributed by atoms with Crippen molar-refractivity contribution in [2.24, 2.45) is 5.92 Å². The van der Waals surface area contributed by atoms with Crippen molar-refractivity contribution < 1.29 is 22.0 Å². The highest BCUT2D eigenvalue weighted by atomic mass is 19.2. The van der Waals surface area contributed by atoms with E-state index in [-0.39, 0.29) is 18.5 Å². The predicted octanol–water partition coefficient (Wildman–Crippen LogP) is 2.57. The number of hydrogen-bond acceptors (Lipinski definition) is 2. The maximum atomic E-state index is 13.7. The topological polar surface area (TPSA) is 15.3 Å². The van der Waals surface area contributed by atoms with E-state index in [4.69, 9.17) is 0 Å². The van der Waals surface area contributed by atoms with Gasteiger partial charge in [0.25, 0.3) is 0 Å². The number of hydrogen-bond donors (Lipinski definition) is 1. The predicted molar refractivity (Wildman–Crippen MR) is 63.0 cm³/mol. The molecule has 0 amide bonds. The van der Waals surface area contributed by atoms with E-state index in [0.29, 0.717) is 6.54 Å². The minimum absolute atomic E-state index is 0.0405. The first kappa shape index (κ1) is 13.6. The van der Waals surface area contributed by atoms with E-state index in [9.17, 15) is 22.0 Å². The van der Waals surface area contributed by atoms with Gasteiger partial charge in [0.15, 0.2) is 23.3 Å². The molecule has 2 atom stereocenters. The van der Waals surface area contributed by atoms with Gasteiger partial charge in [-0.1, -0.05) is 0 Å². The third-order valence-electron chi connectivity index (χ3n) is 4.10. The summed E-state index contributed by atoms with van der Waals surface area (Å²) in [5.41, 5.74) is -0.808. The molecule has 110 valence electrons. The van der Waals surface area contributed by atoms with Gasteiger partial charge in [-0.2, -0.15) is 0 Å². The smallest absolute Gasteiger partial charge is 0.200 e. The summed E-state index contributed by atoms with van der Waals surface area (Å²) in [7, 11) is 0. The van der Waals surface area contributed by atoms with E-state index in [2.05, 4.69) is 5.32 Å². The maximum Gasteiger partial charge on any atom is 0.200 e. The highest BCUT2D eigenvalue weighted by Crippen LogP contribution is 2.35. The molecule has 2 heterocycles. The first-order chi connectivity index (χ1) is 9.50. The molecule has 0 aromatic heterocycles. The molecule has 1 N–H and O–H groups in total. The molecule has 2 aliphatic rings. The molecule has 2 fully saturated rings. The fourth-order valence-corrected chi connectivity index (χ4v) is 3.10. The number of fused-ring (bicyclic) bond motifs is 1. The Morgan fingerprint density at radius 1 is 0.850 bits per heavy atom. The molecule has 2 unspecified atom stereocenters. The zero-order chi connectivity index (χ0) is 14.4. The van der Waals surface area contributed by atoms with Crippen LogP contribution in [0.2, 0.25) is 0 Å². The van der Waals surface area contributed by atoms with Crippen molar-refractivity contribution in [2.45, 2.75) is 18.9 Å². The van der Waals surface area contributed by atoms with Crippen LogP contribution in [0.3, 0.4) is 0 Å². The van der Waals surface area contributed by atoms with Crippen LogP contribution in [0, 0.1) is 35.0 Å². The van der Waals surface area contributed by atoms with E-state index in [1.165, 1.54) is 4.90 Å². The Bertz CT molecular complexity index is 505. The van der Waals surface area contributed by atoms with Crippen molar-refractivity contribution >= 4 is 5.69 Å². The summed E-state index contributed by atoms with van der Waals surface area (Å²) in [5.74, 6) is -9.21. The van der Waals surface area contributed by atoms with Crippen molar-refractivity contribution in [3.63, 3.8) is 0 Å². The Hall–Kier alpha value is -1.37. The SMILES string of the molecule is Fc1c(F)c(F)c(N2CC3CCCNC3C2)c(F)c1F.